The predicted octanol–water partition coefficient (Wildman–Crippen LogP) is 3.79. The summed E-state index contributed by atoms with van der Waals surface area (Å²) in [6.07, 6.45) is 3.53. The number of benzene rings is 1. The topological polar surface area (TPSA) is 39.7 Å². The van der Waals surface area contributed by atoms with Crippen molar-refractivity contribution in [3.8, 4) is 0 Å². The number of hydrogen-bond acceptors (Lipinski definition) is 2. The second-order valence-electron chi connectivity index (χ2n) is 6.43. The molecule has 0 radical (unpaired) electrons. The maximum Gasteiger partial charge on any atom is 0.191 e. The third-order valence-electron chi connectivity index (χ3n) is 4.50. The molecule has 1 aliphatic rings. The Kier molecular flexibility index (Phi) is 11.5. The molecule has 0 aliphatic carbocycles. The summed E-state index contributed by atoms with van der Waals surface area (Å²) >= 11 is 6.04. The van der Waals surface area contributed by atoms with Gasteiger partial charge in [0.25, 0.3) is 0 Å². The van der Waals surface area contributed by atoms with Gasteiger partial charge in [0, 0.05) is 31.2 Å². The molecular formula is C19H32ClIN4. The first-order valence-corrected chi connectivity index (χ1v) is 9.58. The summed E-state index contributed by atoms with van der Waals surface area (Å²) in [6.45, 7) is 10.6. The van der Waals surface area contributed by atoms with E-state index in [0.29, 0.717) is 5.92 Å². The number of nitrogens with one attached hydrogen (secondary N) is 2. The normalized spacial score (nSPS) is 18.5. The summed E-state index contributed by atoms with van der Waals surface area (Å²) in [4.78, 5) is 7.33. The van der Waals surface area contributed by atoms with Gasteiger partial charge >= 0.3 is 0 Å². The van der Waals surface area contributed by atoms with E-state index in [4.69, 9.17) is 16.6 Å². The smallest absolute Gasteiger partial charge is 0.191 e. The fourth-order valence-electron chi connectivity index (χ4n) is 3.17. The van der Waals surface area contributed by atoms with Crippen LogP contribution in [0.4, 0.5) is 0 Å². The van der Waals surface area contributed by atoms with Crippen LogP contribution in [0.15, 0.2) is 29.3 Å². The summed E-state index contributed by atoms with van der Waals surface area (Å²) in [5, 5.41) is 7.58. The predicted molar refractivity (Wildman–Crippen MR) is 119 cm³/mol. The zero-order valence-electron chi connectivity index (χ0n) is 15.4. The molecular weight excluding hydrogens is 447 g/mol. The van der Waals surface area contributed by atoms with Crippen molar-refractivity contribution in [3.05, 3.63) is 34.9 Å². The SMILES string of the molecule is CCNC(=NCC1CCCN(CC)C1)NCCc1cccc(Cl)c1.I. The van der Waals surface area contributed by atoms with E-state index in [1.165, 1.54) is 31.5 Å². The zero-order valence-corrected chi connectivity index (χ0v) is 18.5. The number of halogens is 2. The van der Waals surface area contributed by atoms with Gasteiger partial charge in [-0.2, -0.15) is 0 Å². The highest BCUT2D eigenvalue weighted by Gasteiger charge is 2.18. The van der Waals surface area contributed by atoms with Crippen molar-refractivity contribution in [1.29, 1.82) is 0 Å². The minimum Gasteiger partial charge on any atom is -0.357 e. The number of piperidine rings is 1. The van der Waals surface area contributed by atoms with Crippen LogP contribution in [-0.2, 0) is 6.42 Å². The molecule has 25 heavy (non-hydrogen) atoms. The van der Waals surface area contributed by atoms with E-state index in [1.807, 2.05) is 18.2 Å². The minimum absolute atomic E-state index is 0. The lowest BCUT2D eigenvalue weighted by molar-refractivity contribution is 0.186. The molecule has 0 saturated carbocycles. The van der Waals surface area contributed by atoms with Crippen LogP contribution in [0, 0.1) is 5.92 Å². The first-order valence-electron chi connectivity index (χ1n) is 9.20. The van der Waals surface area contributed by atoms with Crippen molar-refractivity contribution in [2.24, 2.45) is 10.9 Å². The highest BCUT2D eigenvalue weighted by molar-refractivity contribution is 14.0. The van der Waals surface area contributed by atoms with Crippen LogP contribution in [-0.4, -0.2) is 50.1 Å². The van der Waals surface area contributed by atoms with Gasteiger partial charge < -0.3 is 15.5 Å². The van der Waals surface area contributed by atoms with Crippen molar-refractivity contribution in [3.63, 3.8) is 0 Å². The fourth-order valence-corrected chi connectivity index (χ4v) is 3.38. The van der Waals surface area contributed by atoms with Gasteiger partial charge in [-0.25, -0.2) is 0 Å². The fraction of sp³-hybridized carbons (Fsp3) is 0.632. The molecule has 1 aliphatic heterocycles. The summed E-state index contributed by atoms with van der Waals surface area (Å²) in [7, 11) is 0. The van der Waals surface area contributed by atoms with Gasteiger partial charge in [0.2, 0.25) is 0 Å². The molecule has 0 bridgehead atoms. The number of nitrogens with zero attached hydrogens (tertiary/aromatic N) is 2. The van der Waals surface area contributed by atoms with Crippen molar-refractivity contribution in [2.75, 3.05) is 39.3 Å². The van der Waals surface area contributed by atoms with E-state index in [9.17, 15) is 0 Å². The third kappa shape index (κ3) is 8.60. The van der Waals surface area contributed by atoms with Crippen LogP contribution in [0.25, 0.3) is 0 Å². The van der Waals surface area contributed by atoms with E-state index < -0.39 is 0 Å². The molecule has 0 spiro atoms. The number of aliphatic imine (C=N–C) groups is 1. The minimum atomic E-state index is 0. The lowest BCUT2D eigenvalue weighted by Crippen LogP contribution is -2.40. The molecule has 1 aromatic carbocycles. The first-order chi connectivity index (χ1) is 11.7. The van der Waals surface area contributed by atoms with E-state index in [2.05, 4.69) is 35.4 Å². The molecule has 0 aromatic heterocycles. The van der Waals surface area contributed by atoms with Crippen molar-refractivity contribution in [1.82, 2.24) is 15.5 Å². The summed E-state index contributed by atoms with van der Waals surface area (Å²) in [5.74, 6) is 1.61. The Morgan fingerprint density at radius 2 is 2.16 bits per heavy atom. The Balaban J connectivity index is 0.00000312. The Morgan fingerprint density at radius 3 is 2.88 bits per heavy atom. The Morgan fingerprint density at radius 1 is 1.32 bits per heavy atom. The van der Waals surface area contributed by atoms with E-state index >= 15 is 0 Å². The molecule has 1 fully saturated rings. The first kappa shape index (κ1) is 22.5. The molecule has 0 amide bonds. The van der Waals surface area contributed by atoms with E-state index in [0.717, 1.165) is 43.6 Å². The highest BCUT2D eigenvalue weighted by Crippen LogP contribution is 2.16. The molecule has 1 heterocycles. The molecule has 1 atom stereocenters. The van der Waals surface area contributed by atoms with Gasteiger partial charge in [0.15, 0.2) is 5.96 Å². The number of hydrogen-bond donors (Lipinski definition) is 2. The van der Waals surface area contributed by atoms with Gasteiger partial charge in [-0.1, -0.05) is 30.7 Å². The maximum atomic E-state index is 6.04. The van der Waals surface area contributed by atoms with Crippen LogP contribution in [0.1, 0.15) is 32.3 Å². The standard InChI is InChI=1S/C19H31ClN4.HI/c1-3-21-19(22-11-10-16-7-5-9-18(20)13-16)23-14-17-8-6-12-24(4-2)15-17;/h5,7,9,13,17H,3-4,6,8,10-12,14-15H2,1-2H3,(H2,21,22,23);1H. The van der Waals surface area contributed by atoms with Gasteiger partial charge in [-0.05, 0) is 62.9 Å². The van der Waals surface area contributed by atoms with Gasteiger partial charge in [-0.3, -0.25) is 4.99 Å². The monoisotopic (exact) mass is 478 g/mol. The maximum absolute atomic E-state index is 6.04. The zero-order chi connectivity index (χ0) is 17.2. The van der Waals surface area contributed by atoms with Crippen molar-refractivity contribution >= 4 is 41.5 Å². The molecule has 6 heteroatoms. The van der Waals surface area contributed by atoms with Gasteiger partial charge in [-0.15, -0.1) is 24.0 Å². The summed E-state index contributed by atoms with van der Waals surface area (Å²) in [6, 6.07) is 8.04. The second-order valence-corrected chi connectivity index (χ2v) is 6.86. The van der Waals surface area contributed by atoms with E-state index in [1.54, 1.807) is 0 Å². The summed E-state index contributed by atoms with van der Waals surface area (Å²) < 4.78 is 0. The van der Waals surface area contributed by atoms with Crippen LogP contribution in [0.2, 0.25) is 5.02 Å². The molecule has 142 valence electrons. The average Bonchev–Trinajstić information content (AvgIpc) is 2.60. The lowest BCUT2D eigenvalue weighted by atomic mass is 9.98. The highest BCUT2D eigenvalue weighted by atomic mass is 127. The van der Waals surface area contributed by atoms with E-state index in [-0.39, 0.29) is 24.0 Å². The molecule has 4 nitrogen and oxygen atoms in total. The molecule has 1 saturated heterocycles. The van der Waals surface area contributed by atoms with Gasteiger partial charge in [0.1, 0.15) is 0 Å². The quantitative estimate of drug-likeness (QED) is 0.356. The van der Waals surface area contributed by atoms with Gasteiger partial charge in [0.05, 0.1) is 0 Å². The Labute approximate surface area is 174 Å². The van der Waals surface area contributed by atoms with Crippen molar-refractivity contribution in [2.45, 2.75) is 33.1 Å². The van der Waals surface area contributed by atoms with Crippen LogP contribution < -0.4 is 10.6 Å². The second kappa shape index (κ2) is 12.8. The Bertz CT molecular complexity index is 524. The molecule has 1 unspecified atom stereocenters. The Hall–Kier alpha value is -0.530. The number of likely N-dealkylation sites (tertiary alicyclic amines) is 1. The lowest BCUT2D eigenvalue weighted by Gasteiger charge is -2.31. The van der Waals surface area contributed by atoms with Crippen LogP contribution >= 0.6 is 35.6 Å². The molecule has 1 aromatic rings. The average molecular weight is 479 g/mol. The summed E-state index contributed by atoms with van der Waals surface area (Å²) in [5.41, 5.74) is 1.25. The molecule has 2 N–H and O–H groups in total. The third-order valence-corrected chi connectivity index (χ3v) is 4.73. The largest absolute Gasteiger partial charge is 0.357 e. The van der Waals surface area contributed by atoms with Crippen LogP contribution in [0.3, 0.4) is 0 Å². The van der Waals surface area contributed by atoms with Crippen molar-refractivity contribution < 1.29 is 0 Å². The van der Waals surface area contributed by atoms with Crippen LogP contribution in [0.5, 0.6) is 0 Å². The number of guanidine groups is 1. The number of rotatable bonds is 7. The molecule has 2 rings (SSSR count).